The number of piperidine rings is 2. The molecule has 4 amide bonds. The highest BCUT2D eigenvalue weighted by Gasteiger charge is 2.48. The molecule has 2 N–H and O–H groups in total. The molecule has 0 aromatic carbocycles. The second kappa shape index (κ2) is 12.2. The number of amides is 4. The number of carbonyl (C=O) groups is 4. The molecule has 6 unspecified atom stereocenters. The molecule has 3 rings (SSSR count). The van der Waals surface area contributed by atoms with Crippen LogP contribution in [0.3, 0.4) is 0 Å². The van der Waals surface area contributed by atoms with Gasteiger partial charge in [0.25, 0.3) is 0 Å². The highest BCUT2D eigenvalue weighted by Crippen LogP contribution is 2.28. The van der Waals surface area contributed by atoms with Crippen LogP contribution in [-0.2, 0) is 19.1 Å². The van der Waals surface area contributed by atoms with Gasteiger partial charge in [0.2, 0.25) is 11.8 Å². The molecule has 6 atom stereocenters. The van der Waals surface area contributed by atoms with Crippen molar-refractivity contribution < 1.29 is 28.7 Å². The number of rotatable bonds is 6. The summed E-state index contributed by atoms with van der Waals surface area (Å²) >= 11 is 12.6. The second-order valence-corrected chi connectivity index (χ2v) is 10.2. The topological polar surface area (TPSA) is 117 Å². The number of nitrogens with one attached hydrogen (secondary N) is 2. The van der Waals surface area contributed by atoms with E-state index in [1.807, 2.05) is 13.8 Å². The van der Waals surface area contributed by atoms with Crippen LogP contribution in [0, 0.1) is 0 Å². The van der Waals surface area contributed by atoms with Crippen molar-refractivity contribution in [2.24, 2.45) is 0 Å². The first kappa shape index (κ1) is 26.7. The Hall–Kier alpha value is -1.94. The summed E-state index contributed by atoms with van der Waals surface area (Å²) in [5, 5.41) is 5.08. The Balaban J connectivity index is 1.73. The molecule has 3 fully saturated rings. The number of carbonyl (C=O) groups excluding carboxylic acids is 4. The van der Waals surface area contributed by atoms with Gasteiger partial charge in [-0.2, -0.15) is 0 Å². The summed E-state index contributed by atoms with van der Waals surface area (Å²) in [7, 11) is 0. The number of hydrogen-bond donors (Lipinski definition) is 2. The number of nitrogens with zero attached hydrogens (tertiary/aromatic N) is 2. The lowest BCUT2D eigenvalue weighted by atomic mass is 9.89. The van der Waals surface area contributed by atoms with Crippen molar-refractivity contribution in [3.63, 3.8) is 0 Å². The van der Waals surface area contributed by atoms with E-state index in [1.165, 1.54) is 9.80 Å². The first-order valence-corrected chi connectivity index (χ1v) is 12.9. The third kappa shape index (κ3) is 6.19. The van der Waals surface area contributed by atoms with Crippen molar-refractivity contribution in [3.05, 3.63) is 0 Å². The molecule has 0 aromatic rings. The molecular weight excluding hydrogens is 487 g/mol. The standard InChI is InChI=1S/C22H34Cl2N4O6/c1-3-9-33-21(31)27-11-13(23)5-7-15(27)17-19(29)26-18(20(30)25-17)16-8-6-14(24)12-28(16)22(32)34-10-4-2/h13-18H,3-12H2,1-2H3,(H,25,30)(H,26,29). The smallest absolute Gasteiger partial charge is 0.410 e. The zero-order valence-corrected chi connectivity index (χ0v) is 21.1. The van der Waals surface area contributed by atoms with Crippen molar-refractivity contribution in [2.45, 2.75) is 87.3 Å². The monoisotopic (exact) mass is 520 g/mol. The van der Waals surface area contributed by atoms with E-state index in [0.29, 0.717) is 38.5 Å². The van der Waals surface area contributed by atoms with E-state index in [1.54, 1.807) is 0 Å². The van der Waals surface area contributed by atoms with Crippen LogP contribution in [0.5, 0.6) is 0 Å². The normalized spacial score (nSPS) is 32.0. The van der Waals surface area contributed by atoms with Crippen LogP contribution in [0.1, 0.15) is 52.4 Å². The number of piperazine rings is 1. The molecule has 34 heavy (non-hydrogen) atoms. The van der Waals surface area contributed by atoms with Crippen molar-refractivity contribution in [2.75, 3.05) is 26.3 Å². The largest absolute Gasteiger partial charge is 0.449 e. The lowest BCUT2D eigenvalue weighted by Crippen LogP contribution is -2.73. The molecule has 0 spiro atoms. The molecule has 0 aromatic heterocycles. The lowest BCUT2D eigenvalue weighted by molar-refractivity contribution is -0.140. The Kier molecular flexibility index (Phi) is 9.53. The van der Waals surface area contributed by atoms with Crippen LogP contribution in [0.2, 0.25) is 0 Å². The lowest BCUT2D eigenvalue weighted by Gasteiger charge is -2.46. The van der Waals surface area contributed by atoms with Crippen LogP contribution in [0.25, 0.3) is 0 Å². The fourth-order valence-corrected chi connectivity index (χ4v) is 5.26. The number of halogens is 2. The quantitative estimate of drug-likeness (QED) is 0.518. The van der Waals surface area contributed by atoms with E-state index in [-0.39, 0.29) is 37.1 Å². The summed E-state index contributed by atoms with van der Waals surface area (Å²) in [6.07, 6.45) is 2.33. The van der Waals surface area contributed by atoms with E-state index in [9.17, 15) is 19.2 Å². The number of hydrogen-bond acceptors (Lipinski definition) is 6. The van der Waals surface area contributed by atoms with Gasteiger partial charge in [-0.05, 0) is 38.5 Å². The molecule has 3 heterocycles. The van der Waals surface area contributed by atoms with Crippen molar-refractivity contribution in [3.8, 4) is 0 Å². The van der Waals surface area contributed by atoms with Gasteiger partial charge < -0.3 is 29.9 Å². The predicted molar refractivity (Wildman–Crippen MR) is 126 cm³/mol. The summed E-state index contributed by atoms with van der Waals surface area (Å²) in [6, 6.07) is -3.03. The molecule has 10 nitrogen and oxygen atoms in total. The molecule has 0 aliphatic carbocycles. The van der Waals surface area contributed by atoms with Gasteiger partial charge in [0.1, 0.15) is 12.1 Å². The molecule has 0 radical (unpaired) electrons. The van der Waals surface area contributed by atoms with Gasteiger partial charge >= 0.3 is 12.2 Å². The molecular formula is C22H34Cl2N4O6. The molecule has 3 aliphatic heterocycles. The Labute approximate surface area is 209 Å². The van der Waals surface area contributed by atoms with Gasteiger partial charge in [-0.15, -0.1) is 23.2 Å². The second-order valence-electron chi connectivity index (χ2n) is 8.99. The Bertz CT molecular complexity index is 710. The van der Waals surface area contributed by atoms with Crippen molar-refractivity contribution in [1.82, 2.24) is 20.4 Å². The highest BCUT2D eigenvalue weighted by atomic mass is 35.5. The van der Waals surface area contributed by atoms with Gasteiger partial charge in [0.05, 0.1) is 36.1 Å². The SMILES string of the molecule is CCCOC(=O)N1CC(Cl)CCC1C1NC(=O)C(C2CCC(Cl)CN2C(=O)OCCC)NC1=O. The van der Waals surface area contributed by atoms with Crippen molar-refractivity contribution >= 4 is 47.2 Å². The van der Waals surface area contributed by atoms with Crippen LogP contribution in [0.4, 0.5) is 9.59 Å². The van der Waals surface area contributed by atoms with Crippen LogP contribution < -0.4 is 10.6 Å². The fourth-order valence-electron chi connectivity index (χ4n) is 4.71. The number of alkyl halides is 2. The Morgan fingerprint density at radius 2 is 1.18 bits per heavy atom. The van der Waals surface area contributed by atoms with Gasteiger partial charge in [-0.3, -0.25) is 9.59 Å². The van der Waals surface area contributed by atoms with E-state index in [2.05, 4.69) is 10.6 Å². The maximum atomic E-state index is 13.2. The van der Waals surface area contributed by atoms with Crippen LogP contribution >= 0.6 is 23.2 Å². The molecule has 0 bridgehead atoms. The van der Waals surface area contributed by atoms with Crippen molar-refractivity contribution in [1.29, 1.82) is 0 Å². The third-order valence-electron chi connectivity index (χ3n) is 6.40. The van der Waals surface area contributed by atoms with Gasteiger partial charge in [-0.1, -0.05) is 13.8 Å². The van der Waals surface area contributed by atoms with Crippen LogP contribution in [-0.4, -0.2) is 95.0 Å². The average molecular weight is 521 g/mol. The van der Waals surface area contributed by atoms with Crippen LogP contribution in [0.15, 0.2) is 0 Å². The highest BCUT2D eigenvalue weighted by molar-refractivity contribution is 6.21. The molecule has 3 saturated heterocycles. The zero-order chi connectivity index (χ0) is 24.8. The minimum Gasteiger partial charge on any atom is -0.449 e. The van der Waals surface area contributed by atoms with Gasteiger partial charge in [0.15, 0.2) is 0 Å². The van der Waals surface area contributed by atoms with E-state index in [4.69, 9.17) is 32.7 Å². The summed E-state index contributed by atoms with van der Waals surface area (Å²) in [4.78, 5) is 54.5. The van der Waals surface area contributed by atoms with E-state index in [0.717, 1.165) is 0 Å². The minimum atomic E-state index is -0.938. The minimum absolute atomic E-state index is 0.231. The van der Waals surface area contributed by atoms with E-state index >= 15 is 0 Å². The number of likely N-dealkylation sites (tertiary alicyclic amines) is 2. The summed E-state index contributed by atoms with van der Waals surface area (Å²) in [6.45, 7) is 4.75. The predicted octanol–water partition coefficient (Wildman–Crippen LogP) is 2.21. The molecule has 12 heteroatoms. The summed E-state index contributed by atoms with van der Waals surface area (Å²) < 4.78 is 10.5. The first-order valence-electron chi connectivity index (χ1n) is 12.0. The Morgan fingerprint density at radius 3 is 1.53 bits per heavy atom. The molecule has 192 valence electrons. The first-order chi connectivity index (χ1) is 16.3. The maximum Gasteiger partial charge on any atom is 0.410 e. The zero-order valence-electron chi connectivity index (χ0n) is 19.6. The van der Waals surface area contributed by atoms with Gasteiger partial charge in [0, 0.05) is 13.1 Å². The van der Waals surface area contributed by atoms with E-state index < -0.39 is 48.2 Å². The summed E-state index contributed by atoms with van der Waals surface area (Å²) in [5.41, 5.74) is 0. The Morgan fingerprint density at radius 1 is 0.794 bits per heavy atom. The average Bonchev–Trinajstić information content (AvgIpc) is 2.82. The molecule has 3 aliphatic rings. The maximum absolute atomic E-state index is 13.2. The van der Waals surface area contributed by atoms with Gasteiger partial charge in [-0.25, -0.2) is 9.59 Å². The summed E-state index contributed by atoms with van der Waals surface area (Å²) in [5.74, 6) is -0.823. The number of ether oxygens (including phenoxy) is 2. The fraction of sp³-hybridized carbons (Fsp3) is 0.818. The third-order valence-corrected chi connectivity index (χ3v) is 7.11. The molecule has 0 saturated carbocycles.